The van der Waals surface area contributed by atoms with Gasteiger partial charge in [0.05, 0.1) is 9.79 Å². The molecule has 2 N–H and O–H groups in total. The number of carbonyl (C=O) groups excluding carboxylic acids is 1. The van der Waals surface area contributed by atoms with Gasteiger partial charge in [-0.05, 0) is 55.3 Å². The molecule has 0 radical (unpaired) electrons. The van der Waals surface area contributed by atoms with E-state index >= 15 is 0 Å². The van der Waals surface area contributed by atoms with E-state index in [1.165, 1.54) is 39.5 Å². The molecule has 30 heavy (non-hydrogen) atoms. The van der Waals surface area contributed by atoms with Crippen LogP contribution in [0.3, 0.4) is 0 Å². The Morgan fingerprint density at radius 3 is 2.20 bits per heavy atom. The molecule has 0 spiro atoms. The lowest BCUT2D eigenvalue weighted by Gasteiger charge is -2.23. The van der Waals surface area contributed by atoms with Crippen LogP contribution in [0.4, 0.5) is 4.39 Å². The van der Waals surface area contributed by atoms with Crippen molar-refractivity contribution in [2.75, 3.05) is 26.2 Å². The Labute approximate surface area is 175 Å². The fraction of sp³-hybridized carbons (Fsp3) is 0.316. The first-order valence-electron chi connectivity index (χ1n) is 9.18. The first kappa shape index (κ1) is 22.3. The standard InChI is InChI=1S/C19H22FN3O5S2/c1-14-3-6-17(29(21,25)26)13-18(14)19(24)22-9-2-10-23(12-11-22)30(27,28)16-7-4-15(20)5-8-16/h3-8,13H,2,9-12H2,1H3,(H2,21,25,26). The fourth-order valence-corrected chi connectivity index (χ4v) is 5.28. The van der Waals surface area contributed by atoms with Crippen LogP contribution in [0.2, 0.25) is 0 Å². The lowest BCUT2D eigenvalue weighted by Crippen LogP contribution is -2.37. The maximum Gasteiger partial charge on any atom is 0.254 e. The van der Waals surface area contributed by atoms with Crippen LogP contribution in [-0.2, 0) is 20.0 Å². The molecule has 1 aliphatic rings. The molecule has 1 heterocycles. The van der Waals surface area contributed by atoms with Crippen molar-refractivity contribution in [1.29, 1.82) is 0 Å². The summed E-state index contributed by atoms with van der Waals surface area (Å²) in [5, 5.41) is 5.16. The Hall–Kier alpha value is -2.34. The van der Waals surface area contributed by atoms with Gasteiger partial charge < -0.3 is 4.90 Å². The maximum atomic E-state index is 13.1. The van der Waals surface area contributed by atoms with Crippen molar-refractivity contribution in [2.45, 2.75) is 23.1 Å². The Morgan fingerprint density at radius 1 is 0.933 bits per heavy atom. The van der Waals surface area contributed by atoms with Crippen molar-refractivity contribution in [3.05, 3.63) is 59.4 Å². The van der Waals surface area contributed by atoms with Crippen LogP contribution in [0.5, 0.6) is 0 Å². The zero-order chi connectivity index (χ0) is 22.1. The van der Waals surface area contributed by atoms with E-state index in [4.69, 9.17) is 5.14 Å². The number of nitrogens with two attached hydrogens (primary N) is 1. The second-order valence-electron chi connectivity index (χ2n) is 7.03. The molecule has 0 aliphatic carbocycles. The van der Waals surface area contributed by atoms with Crippen molar-refractivity contribution in [2.24, 2.45) is 5.14 Å². The topological polar surface area (TPSA) is 118 Å². The zero-order valence-corrected chi connectivity index (χ0v) is 17.9. The highest BCUT2D eigenvalue weighted by atomic mass is 32.2. The summed E-state index contributed by atoms with van der Waals surface area (Å²) in [7, 11) is -7.78. The maximum absolute atomic E-state index is 13.1. The van der Waals surface area contributed by atoms with Gasteiger partial charge in [0.25, 0.3) is 5.91 Å². The van der Waals surface area contributed by atoms with Crippen LogP contribution in [0.1, 0.15) is 22.3 Å². The normalized spacial score (nSPS) is 16.3. The van der Waals surface area contributed by atoms with Gasteiger partial charge in [0, 0.05) is 31.7 Å². The molecule has 1 aliphatic heterocycles. The molecule has 0 bridgehead atoms. The number of amides is 1. The Bertz CT molecular complexity index is 1170. The molecule has 0 aromatic heterocycles. The van der Waals surface area contributed by atoms with Gasteiger partial charge in [0.2, 0.25) is 20.0 Å². The molecular formula is C19H22FN3O5S2. The van der Waals surface area contributed by atoms with E-state index in [1.54, 1.807) is 6.92 Å². The summed E-state index contributed by atoms with van der Waals surface area (Å²) in [5.74, 6) is -0.919. The van der Waals surface area contributed by atoms with Gasteiger partial charge in [-0.2, -0.15) is 4.31 Å². The van der Waals surface area contributed by atoms with E-state index in [-0.39, 0.29) is 40.9 Å². The van der Waals surface area contributed by atoms with Crippen molar-refractivity contribution >= 4 is 26.0 Å². The van der Waals surface area contributed by atoms with E-state index in [0.717, 1.165) is 12.1 Å². The van der Waals surface area contributed by atoms with Gasteiger partial charge in [-0.3, -0.25) is 4.79 Å². The second kappa shape index (κ2) is 8.42. The lowest BCUT2D eigenvalue weighted by atomic mass is 10.1. The Kier molecular flexibility index (Phi) is 6.27. The van der Waals surface area contributed by atoms with E-state index in [1.807, 2.05) is 0 Å². The van der Waals surface area contributed by atoms with Crippen LogP contribution in [0.25, 0.3) is 0 Å². The molecule has 162 valence electrons. The number of benzene rings is 2. The van der Waals surface area contributed by atoms with Crippen LogP contribution in [0, 0.1) is 12.7 Å². The largest absolute Gasteiger partial charge is 0.337 e. The highest BCUT2D eigenvalue weighted by Crippen LogP contribution is 2.21. The monoisotopic (exact) mass is 455 g/mol. The van der Waals surface area contributed by atoms with Crippen molar-refractivity contribution in [1.82, 2.24) is 9.21 Å². The first-order valence-corrected chi connectivity index (χ1v) is 12.2. The summed E-state index contributed by atoms with van der Waals surface area (Å²) in [6.45, 7) is 2.41. The molecule has 2 aromatic carbocycles. The van der Waals surface area contributed by atoms with Gasteiger partial charge >= 0.3 is 0 Å². The summed E-state index contributed by atoms with van der Waals surface area (Å²) in [5.41, 5.74) is 0.795. The predicted octanol–water partition coefficient (Wildman–Crippen LogP) is 1.32. The molecule has 1 fully saturated rings. The molecule has 8 nitrogen and oxygen atoms in total. The second-order valence-corrected chi connectivity index (χ2v) is 10.5. The van der Waals surface area contributed by atoms with E-state index in [2.05, 4.69) is 0 Å². The smallest absolute Gasteiger partial charge is 0.254 e. The number of hydrogen-bond donors (Lipinski definition) is 1. The van der Waals surface area contributed by atoms with E-state index in [0.29, 0.717) is 18.5 Å². The molecule has 11 heteroatoms. The summed E-state index contributed by atoms with van der Waals surface area (Å²) in [6.07, 6.45) is 0.403. The summed E-state index contributed by atoms with van der Waals surface area (Å²) < 4.78 is 63.3. The number of halogens is 1. The number of rotatable bonds is 4. The number of nitrogens with zero attached hydrogens (tertiary/aromatic N) is 2. The minimum atomic E-state index is -3.96. The molecule has 0 unspecified atom stereocenters. The van der Waals surface area contributed by atoms with Gasteiger partial charge in [-0.15, -0.1) is 0 Å². The highest BCUT2D eigenvalue weighted by molar-refractivity contribution is 7.89. The average molecular weight is 456 g/mol. The van der Waals surface area contributed by atoms with E-state index < -0.39 is 25.9 Å². The molecule has 2 aromatic rings. The van der Waals surface area contributed by atoms with Crippen LogP contribution >= 0.6 is 0 Å². The number of sulfonamides is 2. The molecule has 0 saturated carbocycles. The third-order valence-corrected chi connectivity index (χ3v) is 7.79. The van der Waals surface area contributed by atoms with E-state index in [9.17, 15) is 26.0 Å². The minimum Gasteiger partial charge on any atom is -0.337 e. The average Bonchev–Trinajstić information content (AvgIpc) is 2.94. The van der Waals surface area contributed by atoms with Gasteiger partial charge in [0.1, 0.15) is 5.82 Å². The van der Waals surface area contributed by atoms with Crippen molar-refractivity contribution < 1.29 is 26.0 Å². The zero-order valence-electron chi connectivity index (χ0n) is 16.3. The summed E-state index contributed by atoms with van der Waals surface area (Å²) in [6, 6.07) is 8.67. The third kappa shape index (κ3) is 4.69. The fourth-order valence-electron chi connectivity index (χ4n) is 3.27. The van der Waals surface area contributed by atoms with Gasteiger partial charge in [-0.25, -0.2) is 26.4 Å². The molecule has 1 saturated heterocycles. The SMILES string of the molecule is Cc1ccc(S(N)(=O)=O)cc1C(=O)N1CCCN(S(=O)(=O)c2ccc(F)cc2)CC1. The van der Waals surface area contributed by atoms with Crippen molar-refractivity contribution in [3.8, 4) is 0 Å². The van der Waals surface area contributed by atoms with Gasteiger partial charge in [0.15, 0.2) is 0 Å². The lowest BCUT2D eigenvalue weighted by molar-refractivity contribution is 0.0763. The van der Waals surface area contributed by atoms with Crippen LogP contribution in [-0.4, -0.2) is 58.1 Å². The number of hydrogen-bond acceptors (Lipinski definition) is 5. The Balaban J connectivity index is 1.80. The molecule has 3 rings (SSSR count). The number of primary sulfonamides is 1. The highest BCUT2D eigenvalue weighted by Gasteiger charge is 2.29. The third-order valence-electron chi connectivity index (χ3n) is 4.96. The first-order chi connectivity index (χ1) is 14.0. The quantitative estimate of drug-likeness (QED) is 0.746. The summed E-state index contributed by atoms with van der Waals surface area (Å²) >= 11 is 0. The summed E-state index contributed by atoms with van der Waals surface area (Å²) in [4.78, 5) is 14.3. The van der Waals surface area contributed by atoms with Crippen LogP contribution in [0.15, 0.2) is 52.3 Å². The van der Waals surface area contributed by atoms with Gasteiger partial charge in [-0.1, -0.05) is 6.07 Å². The molecule has 1 amide bonds. The predicted molar refractivity (Wildman–Crippen MR) is 108 cm³/mol. The number of carbonyl (C=O) groups is 1. The van der Waals surface area contributed by atoms with Crippen molar-refractivity contribution in [3.63, 3.8) is 0 Å². The molecular weight excluding hydrogens is 433 g/mol. The number of aryl methyl sites for hydroxylation is 1. The Morgan fingerprint density at radius 2 is 1.57 bits per heavy atom. The van der Waals surface area contributed by atoms with Crippen LogP contribution < -0.4 is 5.14 Å². The molecule has 0 atom stereocenters. The minimum absolute atomic E-state index is 0.0135.